The van der Waals surface area contributed by atoms with Crippen LogP contribution in [0.2, 0.25) is 0 Å². The quantitative estimate of drug-likeness (QED) is 0.625. The molecule has 0 bridgehead atoms. The van der Waals surface area contributed by atoms with Crippen molar-refractivity contribution in [3.8, 4) is 0 Å². The minimum absolute atomic E-state index is 0.0587. The molecule has 0 aliphatic rings. The Bertz CT molecular complexity index is 815. The third-order valence-electron chi connectivity index (χ3n) is 2.84. The summed E-state index contributed by atoms with van der Waals surface area (Å²) in [6, 6.07) is 9.90. The average molecular weight is 349 g/mol. The predicted octanol–water partition coefficient (Wildman–Crippen LogP) is 3.86. The van der Waals surface area contributed by atoms with Crippen molar-refractivity contribution >= 4 is 25.5 Å². The zero-order valence-electron chi connectivity index (χ0n) is 10.8. The molecule has 0 saturated heterocycles. The van der Waals surface area contributed by atoms with Crippen LogP contribution < -0.4 is 0 Å². The summed E-state index contributed by atoms with van der Waals surface area (Å²) < 4.78 is 62.1. The average Bonchev–Trinajstić information content (AvgIpc) is 2.45. The summed E-state index contributed by atoms with van der Waals surface area (Å²) in [5.74, 6) is -0.856. The van der Waals surface area contributed by atoms with Crippen molar-refractivity contribution in [1.29, 1.82) is 0 Å². The molecule has 0 aliphatic carbocycles. The molecule has 22 heavy (non-hydrogen) atoms. The second kappa shape index (κ2) is 5.73. The Labute approximate surface area is 128 Å². The minimum atomic E-state index is -4.95. The third-order valence-corrected chi connectivity index (χ3v) is 4.24. The topological polar surface area (TPSA) is 51.2 Å². The number of rotatable bonds is 3. The van der Waals surface area contributed by atoms with Crippen LogP contribution >= 0.6 is 10.7 Å². The van der Waals surface area contributed by atoms with Gasteiger partial charge < -0.3 is 0 Å². The minimum Gasteiger partial charge on any atom is -0.289 e. The van der Waals surface area contributed by atoms with Gasteiger partial charge in [0, 0.05) is 21.8 Å². The molecule has 2 rings (SSSR count). The maximum absolute atomic E-state index is 13.0. The first-order valence-corrected chi connectivity index (χ1v) is 8.18. The highest BCUT2D eigenvalue weighted by Gasteiger charge is 2.39. The fraction of sp³-hybridized carbons (Fsp3) is 0.0714. The maximum atomic E-state index is 13.0. The van der Waals surface area contributed by atoms with Crippen molar-refractivity contribution in [1.82, 2.24) is 0 Å². The van der Waals surface area contributed by atoms with Crippen molar-refractivity contribution < 1.29 is 26.4 Å². The molecule has 0 fully saturated rings. The Morgan fingerprint density at radius 3 is 2.05 bits per heavy atom. The van der Waals surface area contributed by atoms with Gasteiger partial charge in [-0.3, -0.25) is 4.79 Å². The van der Waals surface area contributed by atoms with Gasteiger partial charge in [-0.05, 0) is 12.1 Å². The van der Waals surface area contributed by atoms with E-state index in [4.69, 9.17) is 10.7 Å². The SMILES string of the molecule is O=C(c1ccccc1)c1cccc(C(F)(F)F)c1S(=O)(=O)Cl. The van der Waals surface area contributed by atoms with Crippen LogP contribution in [-0.4, -0.2) is 14.2 Å². The van der Waals surface area contributed by atoms with Crippen molar-refractivity contribution in [2.45, 2.75) is 11.1 Å². The lowest BCUT2D eigenvalue weighted by molar-refractivity contribution is -0.139. The second-order valence-corrected chi connectivity index (χ2v) is 6.82. The Morgan fingerprint density at radius 1 is 0.955 bits per heavy atom. The fourth-order valence-corrected chi connectivity index (χ4v) is 3.32. The van der Waals surface area contributed by atoms with E-state index in [1.165, 1.54) is 24.3 Å². The molecule has 0 aromatic heterocycles. The standard InChI is InChI=1S/C14H8ClF3O3S/c15-22(20,21)13-10(7-4-8-11(13)14(16,17)18)12(19)9-5-2-1-3-6-9/h1-8H. The lowest BCUT2D eigenvalue weighted by Crippen LogP contribution is -2.16. The van der Waals surface area contributed by atoms with Gasteiger partial charge in [-0.15, -0.1) is 0 Å². The molecule has 0 aliphatic heterocycles. The number of benzene rings is 2. The zero-order valence-corrected chi connectivity index (χ0v) is 12.3. The Kier molecular flexibility index (Phi) is 4.30. The smallest absolute Gasteiger partial charge is 0.289 e. The molecule has 0 amide bonds. The fourth-order valence-electron chi connectivity index (χ4n) is 1.95. The first-order chi connectivity index (χ1) is 10.1. The van der Waals surface area contributed by atoms with Crippen LogP contribution in [0.1, 0.15) is 21.5 Å². The van der Waals surface area contributed by atoms with Gasteiger partial charge >= 0.3 is 6.18 Å². The predicted molar refractivity (Wildman–Crippen MR) is 74.4 cm³/mol. The third kappa shape index (κ3) is 3.31. The molecule has 2 aromatic rings. The van der Waals surface area contributed by atoms with E-state index in [1.807, 2.05) is 0 Å². The molecule has 0 saturated carbocycles. The van der Waals surface area contributed by atoms with Crippen LogP contribution in [0, 0.1) is 0 Å². The highest BCUT2D eigenvalue weighted by molar-refractivity contribution is 8.13. The van der Waals surface area contributed by atoms with Gasteiger partial charge in [0.25, 0.3) is 9.05 Å². The summed E-state index contributed by atoms with van der Waals surface area (Å²) in [4.78, 5) is 11.1. The highest BCUT2D eigenvalue weighted by atomic mass is 35.7. The summed E-state index contributed by atoms with van der Waals surface area (Å²) in [6.45, 7) is 0. The summed E-state index contributed by atoms with van der Waals surface area (Å²) >= 11 is 0. The number of hydrogen-bond donors (Lipinski definition) is 0. The molecular weight excluding hydrogens is 341 g/mol. The molecule has 0 heterocycles. The maximum Gasteiger partial charge on any atom is 0.417 e. The number of carbonyl (C=O) groups is 1. The van der Waals surface area contributed by atoms with Crippen molar-refractivity contribution in [3.63, 3.8) is 0 Å². The first kappa shape index (κ1) is 16.5. The lowest BCUT2D eigenvalue weighted by Gasteiger charge is -2.14. The molecule has 0 unspecified atom stereocenters. The molecule has 0 spiro atoms. The Hall–Kier alpha value is -1.86. The van der Waals surface area contributed by atoms with Crippen LogP contribution in [0.3, 0.4) is 0 Å². The summed E-state index contributed by atoms with van der Waals surface area (Å²) in [5, 5.41) is 0. The van der Waals surface area contributed by atoms with Gasteiger partial charge in [-0.2, -0.15) is 13.2 Å². The van der Waals surface area contributed by atoms with Crippen LogP contribution in [0.25, 0.3) is 0 Å². The molecule has 3 nitrogen and oxygen atoms in total. The Morgan fingerprint density at radius 2 is 1.55 bits per heavy atom. The van der Waals surface area contributed by atoms with Gasteiger partial charge in [0.15, 0.2) is 5.78 Å². The first-order valence-electron chi connectivity index (χ1n) is 5.87. The van der Waals surface area contributed by atoms with E-state index < -0.39 is 37.0 Å². The molecule has 116 valence electrons. The van der Waals surface area contributed by atoms with Crippen LogP contribution in [0.4, 0.5) is 13.2 Å². The van der Waals surface area contributed by atoms with Gasteiger partial charge in [0.05, 0.1) is 5.56 Å². The van der Waals surface area contributed by atoms with E-state index in [1.54, 1.807) is 6.07 Å². The summed E-state index contributed by atoms with van der Waals surface area (Å²) in [7, 11) is 0.358. The highest BCUT2D eigenvalue weighted by Crippen LogP contribution is 2.37. The largest absolute Gasteiger partial charge is 0.417 e. The lowest BCUT2D eigenvalue weighted by atomic mass is 10.0. The van der Waals surface area contributed by atoms with Gasteiger partial charge in [0.2, 0.25) is 0 Å². The van der Waals surface area contributed by atoms with E-state index in [0.29, 0.717) is 6.07 Å². The van der Waals surface area contributed by atoms with Gasteiger partial charge in [0.1, 0.15) is 4.90 Å². The number of carbonyl (C=O) groups excluding carboxylic acids is 1. The monoisotopic (exact) mass is 348 g/mol. The van der Waals surface area contributed by atoms with Gasteiger partial charge in [-0.1, -0.05) is 36.4 Å². The molecule has 0 atom stereocenters. The van der Waals surface area contributed by atoms with Crippen LogP contribution in [-0.2, 0) is 15.2 Å². The van der Waals surface area contributed by atoms with E-state index in [0.717, 1.165) is 12.1 Å². The Balaban J connectivity index is 2.75. The van der Waals surface area contributed by atoms with Crippen molar-refractivity contribution in [2.24, 2.45) is 0 Å². The molecule has 8 heteroatoms. The van der Waals surface area contributed by atoms with Crippen LogP contribution in [0.15, 0.2) is 53.4 Å². The number of ketones is 1. The second-order valence-electron chi connectivity index (χ2n) is 4.31. The van der Waals surface area contributed by atoms with Gasteiger partial charge in [-0.25, -0.2) is 8.42 Å². The molecular formula is C14H8ClF3O3S. The normalized spacial score (nSPS) is 12.2. The van der Waals surface area contributed by atoms with E-state index in [9.17, 15) is 26.4 Å². The van der Waals surface area contributed by atoms with E-state index >= 15 is 0 Å². The number of hydrogen-bond acceptors (Lipinski definition) is 3. The number of halogens is 4. The summed E-state index contributed by atoms with van der Waals surface area (Å²) in [6.07, 6.45) is -4.95. The number of alkyl halides is 3. The molecule has 2 aromatic carbocycles. The van der Waals surface area contributed by atoms with Crippen molar-refractivity contribution in [2.75, 3.05) is 0 Å². The molecule has 0 N–H and O–H groups in total. The van der Waals surface area contributed by atoms with Crippen molar-refractivity contribution in [3.05, 3.63) is 65.2 Å². The zero-order chi connectivity index (χ0) is 16.5. The van der Waals surface area contributed by atoms with Crippen LogP contribution in [0.5, 0.6) is 0 Å². The van der Waals surface area contributed by atoms with E-state index in [-0.39, 0.29) is 5.56 Å². The molecule has 0 radical (unpaired) electrons. The summed E-state index contributed by atoms with van der Waals surface area (Å²) in [5.41, 5.74) is -2.02. The van der Waals surface area contributed by atoms with E-state index in [2.05, 4.69) is 0 Å².